The van der Waals surface area contributed by atoms with Crippen molar-refractivity contribution in [2.24, 2.45) is 0 Å². The van der Waals surface area contributed by atoms with Crippen LogP contribution in [0.15, 0.2) is 66.9 Å². The van der Waals surface area contributed by atoms with Gasteiger partial charge in [0, 0.05) is 23.9 Å². The van der Waals surface area contributed by atoms with Crippen LogP contribution in [-0.2, 0) is 39.7 Å². The zero-order valence-corrected chi connectivity index (χ0v) is 22.8. The van der Waals surface area contributed by atoms with Gasteiger partial charge in [-0.2, -0.15) is 26.3 Å². The summed E-state index contributed by atoms with van der Waals surface area (Å²) in [7, 11) is 0. The lowest BCUT2D eigenvalue weighted by Crippen LogP contribution is -2.55. The van der Waals surface area contributed by atoms with Gasteiger partial charge < -0.3 is 15.5 Å². The van der Waals surface area contributed by atoms with Crippen molar-refractivity contribution in [3.05, 3.63) is 94.8 Å². The van der Waals surface area contributed by atoms with Crippen LogP contribution in [0.25, 0.3) is 0 Å². The predicted molar refractivity (Wildman–Crippen MR) is 143 cm³/mol. The van der Waals surface area contributed by atoms with Gasteiger partial charge in [-0.25, -0.2) is 0 Å². The average molecular weight is 619 g/mol. The van der Waals surface area contributed by atoms with Crippen LogP contribution in [0.5, 0.6) is 0 Å². The van der Waals surface area contributed by atoms with E-state index in [2.05, 4.69) is 15.6 Å². The summed E-state index contributed by atoms with van der Waals surface area (Å²) in [6.07, 6.45) is -8.86. The van der Waals surface area contributed by atoms with Crippen molar-refractivity contribution in [3.8, 4) is 0 Å². The van der Waals surface area contributed by atoms with Crippen molar-refractivity contribution >= 4 is 29.2 Å². The lowest BCUT2D eigenvalue weighted by atomic mass is 10.0. The molecule has 2 N–H and O–H groups in total. The summed E-state index contributed by atoms with van der Waals surface area (Å²) >= 11 is 0. The maximum Gasteiger partial charge on any atom is 0.416 e. The number of pyridine rings is 1. The van der Waals surface area contributed by atoms with E-state index in [9.17, 15) is 45.5 Å². The topological polar surface area (TPSA) is 108 Å². The van der Waals surface area contributed by atoms with Crippen molar-refractivity contribution in [2.75, 3.05) is 4.90 Å². The smallest absolute Gasteiger partial charge is 0.342 e. The molecule has 14 heteroatoms. The van der Waals surface area contributed by atoms with E-state index in [1.165, 1.54) is 30.5 Å². The number of fused-ring (bicyclic) bond motifs is 1. The number of rotatable bonds is 7. The summed E-state index contributed by atoms with van der Waals surface area (Å²) < 4.78 is 81.1. The molecule has 0 unspecified atom stereocenters. The highest BCUT2D eigenvalue weighted by molar-refractivity contribution is 6.13. The van der Waals surface area contributed by atoms with Gasteiger partial charge in [0.25, 0.3) is 0 Å². The third kappa shape index (κ3) is 6.58. The molecule has 0 radical (unpaired) electrons. The molecule has 2 heterocycles. The fraction of sp³-hybridized carbons (Fsp3) is 0.300. The summed E-state index contributed by atoms with van der Waals surface area (Å²) in [4.78, 5) is 57.8. The van der Waals surface area contributed by atoms with Crippen molar-refractivity contribution < 1.29 is 45.5 Å². The van der Waals surface area contributed by atoms with Gasteiger partial charge in [0.1, 0.15) is 11.6 Å². The number of benzene rings is 2. The van der Waals surface area contributed by atoms with E-state index in [1.54, 1.807) is 18.2 Å². The first kappa shape index (κ1) is 30.7. The molecule has 0 saturated heterocycles. The number of anilines is 1. The van der Waals surface area contributed by atoms with Gasteiger partial charge in [-0.15, -0.1) is 0 Å². The third-order valence-corrected chi connectivity index (χ3v) is 7.37. The van der Waals surface area contributed by atoms with Crippen molar-refractivity contribution in [1.29, 1.82) is 0 Å². The van der Waals surface area contributed by atoms with Crippen molar-refractivity contribution in [2.45, 2.75) is 56.2 Å². The first-order valence-corrected chi connectivity index (χ1v) is 13.4. The van der Waals surface area contributed by atoms with Gasteiger partial charge in [-0.1, -0.05) is 18.2 Å². The number of hydrogen-bond donors (Lipinski definition) is 2. The Labute approximate surface area is 246 Å². The molecule has 3 aromatic rings. The number of halogens is 6. The van der Waals surface area contributed by atoms with Crippen LogP contribution in [0.1, 0.15) is 52.0 Å². The largest absolute Gasteiger partial charge is 0.416 e. The van der Waals surface area contributed by atoms with Crippen LogP contribution in [0.4, 0.5) is 32.0 Å². The zero-order chi connectivity index (χ0) is 31.9. The summed E-state index contributed by atoms with van der Waals surface area (Å²) in [5.41, 5.74) is -4.52. The Bertz CT molecular complexity index is 1590. The molecule has 8 nitrogen and oxygen atoms in total. The molecule has 1 saturated carbocycles. The monoisotopic (exact) mass is 618 g/mol. The van der Waals surface area contributed by atoms with Gasteiger partial charge in [0.15, 0.2) is 5.78 Å². The molecule has 5 rings (SSSR count). The predicted octanol–water partition coefficient (Wildman–Crippen LogP) is 4.62. The minimum absolute atomic E-state index is 0.00502. The number of nitrogens with one attached hydrogen (secondary N) is 2. The van der Waals surface area contributed by atoms with Gasteiger partial charge in [0.2, 0.25) is 17.7 Å². The van der Waals surface area contributed by atoms with Gasteiger partial charge in [-0.3, -0.25) is 24.2 Å². The van der Waals surface area contributed by atoms with Crippen molar-refractivity contribution in [1.82, 2.24) is 15.6 Å². The first-order valence-electron chi connectivity index (χ1n) is 13.4. The minimum atomic E-state index is -5.11. The van der Waals surface area contributed by atoms with E-state index in [1.807, 2.05) is 0 Å². The molecule has 3 amide bonds. The van der Waals surface area contributed by atoms with Crippen LogP contribution in [-0.4, -0.2) is 40.1 Å². The molecule has 1 aliphatic heterocycles. The van der Waals surface area contributed by atoms with E-state index in [-0.39, 0.29) is 36.6 Å². The van der Waals surface area contributed by atoms with Crippen LogP contribution >= 0.6 is 0 Å². The molecular weight excluding hydrogens is 594 g/mol. The molecule has 1 atom stereocenters. The van der Waals surface area contributed by atoms with Gasteiger partial charge in [-0.05, 0) is 60.9 Å². The minimum Gasteiger partial charge on any atom is -0.342 e. The lowest BCUT2D eigenvalue weighted by Gasteiger charge is -2.28. The highest BCUT2D eigenvalue weighted by Crippen LogP contribution is 2.38. The van der Waals surface area contributed by atoms with E-state index < -0.39 is 77.1 Å². The number of nitrogens with zero attached hydrogens (tertiary/aromatic N) is 2. The van der Waals surface area contributed by atoms with E-state index in [0.717, 1.165) is 4.90 Å². The van der Waals surface area contributed by atoms with E-state index in [4.69, 9.17) is 0 Å². The highest BCUT2D eigenvalue weighted by Gasteiger charge is 2.52. The van der Waals surface area contributed by atoms with Crippen LogP contribution in [0, 0.1) is 0 Å². The number of ketones is 1. The number of aromatic nitrogens is 1. The van der Waals surface area contributed by atoms with E-state index >= 15 is 0 Å². The van der Waals surface area contributed by atoms with Gasteiger partial charge >= 0.3 is 12.4 Å². The number of hydrogen-bond acceptors (Lipinski definition) is 5. The lowest BCUT2D eigenvalue weighted by molar-refractivity contribution is -0.143. The molecule has 44 heavy (non-hydrogen) atoms. The van der Waals surface area contributed by atoms with Crippen molar-refractivity contribution in [3.63, 3.8) is 0 Å². The van der Waals surface area contributed by atoms with Crippen LogP contribution in [0.2, 0.25) is 0 Å². The Kier molecular flexibility index (Phi) is 7.95. The fourth-order valence-electron chi connectivity index (χ4n) is 5.01. The number of para-hydroxylation sites is 1. The maximum atomic E-state index is 13.8. The number of carbonyl (C=O) groups is 4. The molecule has 2 aliphatic rings. The SMILES string of the molecule is O=C(Cc1ccccn1)NC1(C(=O)N[C@@H]2CC(=O)c3ccccc3N(Cc3cc(C(F)(F)F)cc(C(F)(F)F)c3)C2=O)CC1. The Hall–Kier alpha value is -4.75. The summed E-state index contributed by atoms with van der Waals surface area (Å²) in [5.74, 6) is -2.75. The number of Topliss-reactive ketones (excluding diaryl/α,β-unsaturated/α-hetero) is 1. The molecule has 230 valence electrons. The Balaban J connectivity index is 1.42. The van der Waals surface area contributed by atoms with Crippen LogP contribution in [0.3, 0.4) is 0 Å². The Morgan fingerprint density at radius 1 is 0.909 bits per heavy atom. The standard InChI is InChI=1S/C30H24F6N4O4/c31-29(32,33)18-11-17(12-19(13-18)30(34,35)36)16-40-23-7-2-1-6-21(23)24(41)15-22(26(40)43)38-27(44)28(8-9-28)39-25(42)14-20-5-3-4-10-37-20/h1-7,10-13,22H,8-9,14-16H2,(H,38,44)(H,39,42)/t22-/m1/s1. The molecular formula is C30H24F6N4O4. The number of alkyl halides is 6. The second-order valence-corrected chi connectivity index (χ2v) is 10.6. The molecule has 1 fully saturated rings. The number of carbonyl (C=O) groups excluding carboxylic acids is 4. The second-order valence-electron chi connectivity index (χ2n) is 10.6. The average Bonchev–Trinajstić information content (AvgIpc) is 3.75. The summed E-state index contributed by atoms with van der Waals surface area (Å²) in [6, 6.07) is 10.1. The number of amides is 3. The first-order chi connectivity index (χ1) is 20.7. The molecule has 1 aliphatic carbocycles. The van der Waals surface area contributed by atoms with Gasteiger partial charge in [0.05, 0.1) is 29.8 Å². The molecule has 2 aromatic carbocycles. The molecule has 1 aromatic heterocycles. The Morgan fingerprint density at radius 3 is 2.14 bits per heavy atom. The summed E-state index contributed by atoms with van der Waals surface area (Å²) in [6.45, 7) is -0.756. The Morgan fingerprint density at radius 2 is 1.55 bits per heavy atom. The molecule has 0 bridgehead atoms. The second kappa shape index (κ2) is 11.4. The molecule has 0 spiro atoms. The fourth-order valence-corrected chi connectivity index (χ4v) is 5.01. The maximum absolute atomic E-state index is 13.8. The van der Waals surface area contributed by atoms with Crippen LogP contribution < -0.4 is 15.5 Å². The highest BCUT2D eigenvalue weighted by atomic mass is 19.4. The normalized spacial score (nSPS) is 17.9. The van der Waals surface area contributed by atoms with E-state index in [0.29, 0.717) is 17.8 Å². The quantitative estimate of drug-likeness (QED) is 0.376. The third-order valence-electron chi connectivity index (χ3n) is 7.37. The zero-order valence-electron chi connectivity index (χ0n) is 22.8. The summed E-state index contributed by atoms with van der Waals surface area (Å²) in [5, 5.41) is 5.13.